The normalized spacial score (nSPS) is 26.8. The summed E-state index contributed by atoms with van der Waals surface area (Å²) in [4.78, 5) is 4.64. The summed E-state index contributed by atoms with van der Waals surface area (Å²) >= 11 is 0. The van der Waals surface area contributed by atoms with Crippen LogP contribution in [0.3, 0.4) is 0 Å². The second kappa shape index (κ2) is 4.00. The zero-order valence-corrected chi connectivity index (χ0v) is 13.9. The van der Waals surface area contributed by atoms with Gasteiger partial charge in [-0.05, 0) is 23.4 Å². The molecule has 120 valence electrons. The number of nitrogens with zero attached hydrogens (tertiary/aromatic N) is 2. The van der Waals surface area contributed by atoms with Crippen LogP contribution < -0.4 is 0 Å². The summed E-state index contributed by atoms with van der Waals surface area (Å²) in [6.45, 7) is 1.04. The maximum atomic E-state index is 8.42. The molecule has 1 unspecified atom stereocenters. The number of fused-ring (bicyclic) bond motifs is 3. The van der Waals surface area contributed by atoms with Crippen LogP contribution in [0.5, 0.6) is 0 Å². The molecule has 1 aliphatic heterocycles. The first-order chi connectivity index (χ1) is 13.8. The third kappa shape index (κ3) is 1.33. The maximum absolute atomic E-state index is 8.42. The second-order valence-electron chi connectivity index (χ2n) is 7.48. The van der Waals surface area contributed by atoms with Gasteiger partial charge in [-0.2, -0.15) is 0 Å². The Hall–Kier alpha value is -2.35. The lowest BCUT2D eigenvalue weighted by Crippen LogP contribution is -2.44. The standard InChI is InChI=1S/C22H22N2/c1-13-10-11-16-19-18(13)14-8-6-7-9-15(14)20-23-12-17(24(19)20)22(4,5)21(16,2)3/h6-12H,1-5H3/i1D3,4D3. The number of benzene rings is 2. The van der Waals surface area contributed by atoms with Crippen LogP contribution in [0.4, 0.5) is 0 Å². The number of hydrogen-bond acceptors (Lipinski definition) is 1. The van der Waals surface area contributed by atoms with Gasteiger partial charge in [-0.25, -0.2) is 4.98 Å². The Kier molecular flexibility index (Phi) is 1.54. The molecule has 24 heavy (non-hydrogen) atoms. The van der Waals surface area contributed by atoms with Crippen LogP contribution in [0.1, 0.15) is 52.7 Å². The van der Waals surface area contributed by atoms with Crippen molar-refractivity contribution in [1.82, 2.24) is 9.38 Å². The number of rotatable bonds is 0. The Morgan fingerprint density at radius 3 is 2.54 bits per heavy atom. The summed E-state index contributed by atoms with van der Waals surface area (Å²) in [6.07, 6.45) is 1.65. The molecular formula is C22H22N2. The zero-order valence-electron chi connectivity index (χ0n) is 19.9. The van der Waals surface area contributed by atoms with Crippen molar-refractivity contribution in [3.63, 3.8) is 0 Å². The van der Waals surface area contributed by atoms with E-state index < -0.39 is 24.5 Å². The second-order valence-corrected chi connectivity index (χ2v) is 7.48. The van der Waals surface area contributed by atoms with E-state index in [0.717, 1.165) is 21.9 Å². The van der Waals surface area contributed by atoms with E-state index >= 15 is 0 Å². The Morgan fingerprint density at radius 1 is 1.00 bits per heavy atom. The molecule has 0 fully saturated rings. The van der Waals surface area contributed by atoms with Gasteiger partial charge in [0.1, 0.15) is 5.65 Å². The van der Waals surface area contributed by atoms with Crippen molar-refractivity contribution in [3.05, 3.63) is 59.4 Å². The van der Waals surface area contributed by atoms with Gasteiger partial charge in [0.25, 0.3) is 0 Å². The van der Waals surface area contributed by atoms with Crippen molar-refractivity contribution in [3.8, 4) is 0 Å². The van der Waals surface area contributed by atoms with Gasteiger partial charge in [-0.3, -0.25) is 4.40 Å². The lowest BCUT2D eigenvalue weighted by atomic mass is 9.60. The molecule has 0 spiro atoms. The third-order valence-corrected chi connectivity index (χ3v) is 6.04. The number of imidazole rings is 1. The average Bonchev–Trinajstić information content (AvgIpc) is 3.09. The summed E-state index contributed by atoms with van der Waals surface area (Å²) < 4.78 is 51.6. The van der Waals surface area contributed by atoms with Crippen molar-refractivity contribution in [2.24, 2.45) is 0 Å². The Bertz CT molecular complexity index is 1360. The Balaban J connectivity index is 2.17. The summed E-state index contributed by atoms with van der Waals surface area (Å²) in [5.74, 6) is 0. The Morgan fingerprint density at radius 2 is 1.79 bits per heavy atom. The molecule has 2 aromatic carbocycles. The molecule has 2 aromatic heterocycles. The summed E-state index contributed by atoms with van der Waals surface area (Å²) in [5, 5.41) is 2.28. The van der Waals surface area contributed by atoms with Gasteiger partial charge in [0.15, 0.2) is 0 Å². The Labute approximate surface area is 150 Å². The minimum Gasteiger partial charge on any atom is -0.295 e. The SMILES string of the molecule is [2H]C([2H])([2H])c1ccc2c3c1c1ccccc1c1ncc(n13)C(C)(C([2H])([2H])[2H])C2(C)C. The fourth-order valence-electron chi connectivity index (χ4n) is 4.21. The molecule has 1 aliphatic rings. The van der Waals surface area contributed by atoms with E-state index in [1.54, 1.807) is 25.3 Å². The van der Waals surface area contributed by atoms with Gasteiger partial charge in [-0.1, -0.05) is 64.0 Å². The molecule has 0 radical (unpaired) electrons. The van der Waals surface area contributed by atoms with Gasteiger partial charge < -0.3 is 0 Å². The lowest BCUT2D eigenvalue weighted by molar-refractivity contribution is 0.288. The van der Waals surface area contributed by atoms with E-state index in [2.05, 4.69) is 4.98 Å². The molecule has 0 aliphatic carbocycles. The molecule has 4 aromatic rings. The van der Waals surface area contributed by atoms with Gasteiger partial charge in [0.2, 0.25) is 0 Å². The van der Waals surface area contributed by atoms with E-state index in [1.807, 2.05) is 42.5 Å². The predicted molar refractivity (Wildman–Crippen MR) is 101 cm³/mol. The predicted octanol–water partition coefficient (Wildman–Crippen LogP) is 5.52. The van der Waals surface area contributed by atoms with Crippen LogP contribution in [0.2, 0.25) is 0 Å². The van der Waals surface area contributed by atoms with Gasteiger partial charge in [-0.15, -0.1) is 0 Å². The molecule has 0 N–H and O–H groups in total. The number of aromatic nitrogens is 2. The van der Waals surface area contributed by atoms with Crippen LogP contribution >= 0.6 is 0 Å². The maximum Gasteiger partial charge on any atom is 0.145 e. The first-order valence-corrected chi connectivity index (χ1v) is 8.18. The van der Waals surface area contributed by atoms with Crippen molar-refractivity contribution in [2.45, 2.75) is 45.3 Å². The number of aryl methyl sites for hydroxylation is 1. The van der Waals surface area contributed by atoms with Gasteiger partial charge in [0, 0.05) is 41.7 Å². The van der Waals surface area contributed by atoms with Gasteiger partial charge >= 0.3 is 0 Å². The van der Waals surface area contributed by atoms with Crippen molar-refractivity contribution in [2.75, 3.05) is 0 Å². The number of hydrogen-bond donors (Lipinski definition) is 0. The van der Waals surface area contributed by atoms with Crippen molar-refractivity contribution in [1.29, 1.82) is 0 Å². The molecule has 2 nitrogen and oxygen atoms in total. The molecule has 2 heteroatoms. The topological polar surface area (TPSA) is 17.3 Å². The molecule has 0 saturated carbocycles. The van der Waals surface area contributed by atoms with Crippen LogP contribution in [-0.2, 0) is 10.8 Å². The smallest absolute Gasteiger partial charge is 0.145 e. The highest BCUT2D eigenvalue weighted by Gasteiger charge is 2.46. The highest BCUT2D eigenvalue weighted by atomic mass is 15.0. The van der Waals surface area contributed by atoms with Crippen molar-refractivity contribution >= 4 is 27.3 Å². The molecule has 0 amide bonds. The highest BCUT2D eigenvalue weighted by molar-refractivity contribution is 6.14. The van der Waals surface area contributed by atoms with Crippen molar-refractivity contribution < 1.29 is 8.22 Å². The van der Waals surface area contributed by atoms with Crippen LogP contribution in [-0.4, -0.2) is 9.38 Å². The fraction of sp³-hybridized carbons (Fsp3) is 0.318. The van der Waals surface area contributed by atoms with E-state index in [4.69, 9.17) is 8.22 Å². The fourth-order valence-corrected chi connectivity index (χ4v) is 4.21. The first-order valence-electron chi connectivity index (χ1n) is 11.2. The highest BCUT2D eigenvalue weighted by Crippen LogP contribution is 2.51. The molecule has 3 heterocycles. The lowest BCUT2D eigenvalue weighted by Gasteiger charge is -2.46. The zero-order chi connectivity index (χ0) is 21.9. The minimum absolute atomic E-state index is 0.271. The van der Waals surface area contributed by atoms with Crippen LogP contribution in [0.15, 0.2) is 42.6 Å². The third-order valence-electron chi connectivity index (χ3n) is 6.04. The molecule has 0 saturated heterocycles. The first kappa shape index (κ1) is 9.22. The largest absolute Gasteiger partial charge is 0.295 e. The van der Waals surface area contributed by atoms with E-state index in [1.165, 1.54) is 0 Å². The van der Waals surface area contributed by atoms with E-state index in [0.29, 0.717) is 16.7 Å². The average molecular weight is 320 g/mol. The molecule has 1 atom stereocenters. The summed E-state index contributed by atoms with van der Waals surface area (Å²) in [5.41, 5.74) is 1.10. The monoisotopic (exact) mass is 320 g/mol. The van der Waals surface area contributed by atoms with Crippen LogP contribution in [0.25, 0.3) is 27.3 Å². The minimum atomic E-state index is -2.30. The quantitative estimate of drug-likeness (QED) is 0.390. The summed E-state index contributed by atoms with van der Waals surface area (Å²) in [7, 11) is 0. The number of pyridine rings is 1. The molecular weight excluding hydrogens is 292 g/mol. The molecule has 0 bridgehead atoms. The summed E-state index contributed by atoms with van der Waals surface area (Å²) in [6, 6.07) is 11.1. The molecule has 5 rings (SSSR count). The van der Waals surface area contributed by atoms with E-state index in [-0.39, 0.29) is 5.56 Å². The van der Waals surface area contributed by atoms with Crippen LogP contribution in [0, 0.1) is 6.85 Å². The van der Waals surface area contributed by atoms with E-state index in [9.17, 15) is 0 Å². The van der Waals surface area contributed by atoms with Gasteiger partial charge in [0.05, 0.1) is 5.52 Å².